The number of rotatable bonds is 9. The quantitative estimate of drug-likeness (QED) is 0.309. The average molecular weight is 429 g/mol. The van der Waals surface area contributed by atoms with Gasteiger partial charge in [-0.3, -0.25) is 19.5 Å². The van der Waals surface area contributed by atoms with Crippen molar-refractivity contribution < 1.29 is 14.5 Å². The maximum Gasteiger partial charge on any atom is 0.271 e. The monoisotopic (exact) mass is 428 g/mol. The van der Waals surface area contributed by atoms with Crippen LogP contribution < -0.4 is 10.1 Å². The normalized spacial score (nSPS) is 12.0. The Labute approximate surface area is 178 Å². The Balaban J connectivity index is 1.99. The number of benzene rings is 2. The molecular formula is C21H24N4O4S. The van der Waals surface area contributed by atoms with Crippen LogP contribution in [-0.2, 0) is 4.79 Å². The van der Waals surface area contributed by atoms with Crippen LogP contribution in [0.3, 0.4) is 0 Å². The van der Waals surface area contributed by atoms with Crippen molar-refractivity contribution in [3.05, 3.63) is 52.6 Å². The minimum absolute atomic E-state index is 0.0325. The molecule has 1 amide bonds. The Morgan fingerprint density at radius 1 is 1.33 bits per heavy atom. The lowest BCUT2D eigenvalue weighted by molar-refractivity contribution is -0.384. The molecule has 0 spiro atoms. The number of nitrogens with one attached hydrogen (secondary N) is 1. The van der Waals surface area contributed by atoms with Gasteiger partial charge in [-0.25, -0.2) is 4.98 Å². The molecule has 1 N–H and O–H groups in total. The van der Waals surface area contributed by atoms with Gasteiger partial charge in [-0.15, -0.1) is 0 Å². The Morgan fingerprint density at radius 3 is 2.80 bits per heavy atom. The molecule has 3 rings (SSSR count). The van der Waals surface area contributed by atoms with Gasteiger partial charge >= 0.3 is 0 Å². The summed E-state index contributed by atoms with van der Waals surface area (Å²) in [6.45, 7) is 4.06. The molecule has 0 aliphatic rings. The molecule has 8 nitrogen and oxygen atoms in total. The molecule has 0 aliphatic carbocycles. The second-order valence-electron chi connectivity index (χ2n) is 6.88. The summed E-state index contributed by atoms with van der Waals surface area (Å²) < 4.78 is 7.36. The number of para-hydroxylation sites is 2. The molecule has 1 atom stereocenters. The van der Waals surface area contributed by atoms with E-state index in [-0.39, 0.29) is 23.4 Å². The molecule has 0 fully saturated rings. The van der Waals surface area contributed by atoms with Crippen molar-refractivity contribution in [2.45, 2.75) is 37.9 Å². The molecule has 1 aromatic heterocycles. The lowest BCUT2D eigenvalue weighted by Gasteiger charge is -2.14. The van der Waals surface area contributed by atoms with Crippen molar-refractivity contribution in [2.24, 2.45) is 0 Å². The van der Waals surface area contributed by atoms with Crippen LogP contribution in [0, 0.1) is 10.1 Å². The van der Waals surface area contributed by atoms with Gasteiger partial charge in [0.25, 0.3) is 5.69 Å². The van der Waals surface area contributed by atoms with E-state index in [1.807, 2.05) is 35.8 Å². The fraction of sp³-hybridized carbons (Fsp3) is 0.333. The number of nitrogens with zero attached hydrogens (tertiary/aromatic N) is 3. The van der Waals surface area contributed by atoms with Crippen LogP contribution >= 0.6 is 11.8 Å². The number of thioether (sulfide) groups is 1. The Hall–Kier alpha value is -3.07. The summed E-state index contributed by atoms with van der Waals surface area (Å²) in [6.07, 6.45) is 1.91. The van der Waals surface area contributed by atoms with E-state index in [1.54, 1.807) is 13.2 Å². The summed E-state index contributed by atoms with van der Waals surface area (Å²) in [5.41, 5.74) is 1.90. The summed E-state index contributed by atoms with van der Waals surface area (Å²) >= 11 is 1.28. The second-order valence-corrected chi connectivity index (χ2v) is 7.82. The number of fused-ring (bicyclic) bond motifs is 1. The van der Waals surface area contributed by atoms with Crippen molar-refractivity contribution in [3.63, 3.8) is 0 Å². The van der Waals surface area contributed by atoms with Crippen LogP contribution in [0.4, 0.5) is 5.69 Å². The number of amides is 1. The molecule has 0 aliphatic heterocycles. The van der Waals surface area contributed by atoms with E-state index in [0.29, 0.717) is 21.9 Å². The summed E-state index contributed by atoms with van der Waals surface area (Å²) in [5.74, 6) is 0.748. The largest absolute Gasteiger partial charge is 0.495 e. The van der Waals surface area contributed by atoms with Crippen LogP contribution in [-0.4, -0.2) is 39.3 Å². The van der Waals surface area contributed by atoms with Crippen molar-refractivity contribution in [3.8, 4) is 11.4 Å². The number of hydrogen-bond donors (Lipinski definition) is 1. The number of carbonyl (C=O) groups excluding carboxylic acids is 1. The zero-order chi connectivity index (χ0) is 21.7. The molecule has 30 heavy (non-hydrogen) atoms. The van der Waals surface area contributed by atoms with E-state index in [0.717, 1.165) is 18.5 Å². The Kier molecular flexibility index (Phi) is 6.94. The van der Waals surface area contributed by atoms with Crippen LogP contribution in [0.25, 0.3) is 16.7 Å². The number of non-ortho nitro benzene ring substituents is 1. The Morgan fingerprint density at radius 2 is 2.10 bits per heavy atom. The van der Waals surface area contributed by atoms with Gasteiger partial charge in [0.2, 0.25) is 5.91 Å². The number of carbonyl (C=O) groups is 1. The van der Waals surface area contributed by atoms with E-state index < -0.39 is 4.92 Å². The van der Waals surface area contributed by atoms with E-state index in [9.17, 15) is 14.9 Å². The van der Waals surface area contributed by atoms with Gasteiger partial charge in [0.05, 0.1) is 34.5 Å². The fourth-order valence-corrected chi connectivity index (χ4v) is 4.09. The lowest BCUT2D eigenvalue weighted by Crippen LogP contribution is -2.33. The number of imidazole rings is 1. The maximum atomic E-state index is 12.3. The first-order valence-electron chi connectivity index (χ1n) is 9.67. The summed E-state index contributed by atoms with van der Waals surface area (Å²) in [5, 5.41) is 14.7. The third-order valence-electron chi connectivity index (χ3n) is 4.61. The minimum atomic E-state index is -0.447. The number of methoxy groups -OCH3 is 1. The molecular weight excluding hydrogens is 404 g/mol. The topological polar surface area (TPSA) is 99.3 Å². The zero-order valence-corrected chi connectivity index (χ0v) is 17.9. The summed E-state index contributed by atoms with van der Waals surface area (Å²) in [6, 6.07) is 12.1. The van der Waals surface area contributed by atoms with Gasteiger partial charge in [0.15, 0.2) is 5.16 Å². The fourth-order valence-electron chi connectivity index (χ4n) is 3.26. The first-order chi connectivity index (χ1) is 14.4. The van der Waals surface area contributed by atoms with Crippen LogP contribution in [0.2, 0.25) is 0 Å². The van der Waals surface area contributed by atoms with E-state index in [4.69, 9.17) is 4.74 Å². The maximum absolute atomic E-state index is 12.3. The number of nitro groups is 1. The Bertz CT molecular complexity index is 1070. The molecule has 0 saturated heterocycles. The highest BCUT2D eigenvalue weighted by atomic mass is 32.2. The van der Waals surface area contributed by atoms with Gasteiger partial charge in [-0.1, -0.05) is 37.2 Å². The minimum Gasteiger partial charge on any atom is -0.495 e. The zero-order valence-electron chi connectivity index (χ0n) is 17.1. The summed E-state index contributed by atoms with van der Waals surface area (Å²) in [7, 11) is 1.58. The molecule has 0 radical (unpaired) electrons. The van der Waals surface area contributed by atoms with Crippen LogP contribution in [0.1, 0.15) is 26.7 Å². The number of ether oxygens (including phenoxy) is 1. The molecule has 0 saturated carbocycles. The van der Waals surface area contributed by atoms with Crippen molar-refractivity contribution in [1.82, 2.24) is 14.9 Å². The van der Waals surface area contributed by atoms with Crippen molar-refractivity contribution in [1.29, 1.82) is 0 Å². The predicted molar refractivity (Wildman–Crippen MR) is 118 cm³/mol. The molecule has 2 aromatic carbocycles. The van der Waals surface area contributed by atoms with Gasteiger partial charge in [0.1, 0.15) is 5.75 Å². The highest BCUT2D eigenvalue weighted by molar-refractivity contribution is 7.99. The van der Waals surface area contributed by atoms with Gasteiger partial charge in [-0.05, 0) is 31.5 Å². The van der Waals surface area contributed by atoms with Crippen molar-refractivity contribution >= 4 is 34.4 Å². The predicted octanol–water partition coefficient (Wildman–Crippen LogP) is 4.34. The van der Waals surface area contributed by atoms with Gasteiger partial charge in [0, 0.05) is 18.2 Å². The number of hydrogen-bond acceptors (Lipinski definition) is 6. The van der Waals surface area contributed by atoms with Crippen LogP contribution in [0.15, 0.2) is 47.6 Å². The van der Waals surface area contributed by atoms with E-state index in [1.165, 1.54) is 23.9 Å². The molecule has 1 heterocycles. The van der Waals surface area contributed by atoms with Crippen molar-refractivity contribution in [2.75, 3.05) is 12.9 Å². The van der Waals surface area contributed by atoms with E-state index >= 15 is 0 Å². The van der Waals surface area contributed by atoms with Gasteiger partial charge in [-0.2, -0.15) is 0 Å². The first kappa shape index (κ1) is 21.6. The smallest absolute Gasteiger partial charge is 0.271 e. The van der Waals surface area contributed by atoms with Crippen LogP contribution in [0.5, 0.6) is 5.75 Å². The number of nitro benzene ring substituents is 1. The third-order valence-corrected chi connectivity index (χ3v) is 5.54. The summed E-state index contributed by atoms with van der Waals surface area (Å²) in [4.78, 5) is 27.7. The first-order valence-corrected chi connectivity index (χ1v) is 10.7. The van der Waals surface area contributed by atoms with Gasteiger partial charge < -0.3 is 10.1 Å². The molecule has 158 valence electrons. The average Bonchev–Trinajstić information content (AvgIpc) is 3.09. The highest BCUT2D eigenvalue weighted by Crippen LogP contribution is 2.33. The molecule has 9 heteroatoms. The molecule has 0 bridgehead atoms. The number of aromatic nitrogens is 2. The molecule has 3 aromatic rings. The van der Waals surface area contributed by atoms with E-state index in [2.05, 4.69) is 17.2 Å². The highest BCUT2D eigenvalue weighted by Gasteiger charge is 2.19. The standard InChI is InChI=1S/C21H24N4O4S/c1-4-7-14(2)22-20(26)13-30-21-23-16-12-15(25(27)28)10-11-17(16)24(21)18-8-5-6-9-19(18)29-3/h5-6,8-12,14H,4,7,13H2,1-3H3,(H,22,26). The SMILES string of the molecule is CCCC(C)NC(=O)CSc1nc2cc([N+](=O)[O-])ccc2n1-c1ccccc1OC. The second kappa shape index (κ2) is 9.62. The lowest BCUT2D eigenvalue weighted by atomic mass is 10.2. The third kappa shape index (κ3) is 4.73. The molecule has 1 unspecified atom stereocenters.